The first-order chi connectivity index (χ1) is 18.9. The van der Waals surface area contributed by atoms with Crippen molar-refractivity contribution in [2.24, 2.45) is 0 Å². The second kappa shape index (κ2) is 11.9. The number of amides is 1. The molecular weight excluding hydrogens is 490 g/mol. The number of β-amino-alcohol motifs (C(OH)–C–C–N with tert-alkyl or cyclic N) is 1. The molecule has 0 bridgehead atoms. The predicted molar refractivity (Wildman–Crippen MR) is 153 cm³/mol. The van der Waals surface area contributed by atoms with Crippen molar-refractivity contribution in [3.05, 3.63) is 83.2 Å². The van der Waals surface area contributed by atoms with Crippen LogP contribution in [0.1, 0.15) is 41.6 Å². The summed E-state index contributed by atoms with van der Waals surface area (Å²) in [7, 11) is 1.65. The van der Waals surface area contributed by atoms with Crippen molar-refractivity contribution in [3.63, 3.8) is 0 Å². The smallest absolute Gasteiger partial charge is 0.225 e. The lowest BCUT2D eigenvalue weighted by molar-refractivity contribution is -0.132. The molecule has 1 aliphatic rings. The largest absolute Gasteiger partial charge is 0.497 e. The van der Waals surface area contributed by atoms with Crippen molar-refractivity contribution in [1.29, 1.82) is 0 Å². The molecule has 1 atom stereocenters. The van der Waals surface area contributed by atoms with Crippen LogP contribution < -0.4 is 9.64 Å². The van der Waals surface area contributed by atoms with Gasteiger partial charge in [0.1, 0.15) is 11.6 Å². The zero-order valence-corrected chi connectivity index (χ0v) is 23.0. The van der Waals surface area contributed by atoms with Crippen molar-refractivity contribution in [3.8, 4) is 5.75 Å². The number of methoxy groups -OCH3 is 1. The van der Waals surface area contributed by atoms with Crippen molar-refractivity contribution in [1.82, 2.24) is 19.7 Å². The van der Waals surface area contributed by atoms with Gasteiger partial charge in [0.25, 0.3) is 0 Å². The maximum Gasteiger partial charge on any atom is 0.225 e. The molecule has 1 unspecified atom stereocenters. The van der Waals surface area contributed by atoms with E-state index in [9.17, 15) is 9.90 Å². The number of pyridine rings is 1. The molecule has 1 amide bonds. The number of aliphatic hydroxyl groups is 1. The van der Waals surface area contributed by atoms with Crippen molar-refractivity contribution < 1.29 is 14.6 Å². The molecule has 1 fully saturated rings. The Morgan fingerprint density at radius 1 is 1.13 bits per heavy atom. The molecule has 0 aliphatic carbocycles. The monoisotopic (exact) mass is 527 g/mol. The van der Waals surface area contributed by atoms with E-state index in [1.165, 1.54) is 0 Å². The lowest BCUT2D eigenvalue weighted by Gasteiger charge is -2.34. The van der Waals surface area contributed by atoms with E-state index >= 15 is 0 Å². The van der Waals surface area contributed by atoms with Crippen LogP contribution >= 0.6 is 0 Å². The number of para-hydroxylation sites is 1. The fourth-order valence-electron chi connectivity index (χ4n) is 5.26. The number of aryl methyl sites for hydroxylation is 3. The van der Waals surface area contributed by atoms with Gasteiger partial charge in [-0.1, -0.05) is 30.3 Å². The van der Waals surface area contributed by atoms with E-state index in [2.05, 4.69) is 35.1 Å². The van der Waals surface area contributed by atoms with Crippen LogP contribution in [0.5, 0.6) is 5.75 Å². The Balaban J connectivity index is 1.48. The zero-order chi connectivity index (χ0) is 27.4. The fraction of sp³-hybridized carbons (Fsp3) is 0.387. The number of rotatable bonds is 9. The van der Waals surface area contributed by atoms with Crippen LogP contribution in [0.2, 0.25) is 0 Å². The minimum Gasteiger partial charge on any atom is -0.497 e. The summed E-state index contributed by atoms with van der Waals surface area (Å²) in [6.07, 6.45) is 3.58. The van der Waals surface area contributed by atoms with Gasteiger partial charge in [-0.2, -0.15) is 5.10 Å². The van der Waals surface area contributed by atoms with E-state index < -0.39 is 0 Å². The zero-order valence-electron chi connectivity index (χ0n) is 23.0. The Kier molecular flexibility index (Phi) is 8.12. The second-order valence-electron chi connectivity index (χ2n) is 10.4. The highest BCUT2D eigenvalue weighted by Crippen LogP contribution is 2.29. The van der Waals surface area contributed by atoms with Crippen molar-refractivity contribution >= 4 is 22.6 Å². The van der Waals surface area contributed by atoms with Crippen molar-refractivity contribution in [2.45, 2.75) is 58.8 Å². The minimum absolute atomic E-state index is 0.0490. The van der Waals surface area contributed by atoms with Gasteiger partial charge in [0.05, 0.1) is 24.4 Å². The van der Waals surface area contributed by atoms with E-state index in [0.29, 0.717) is 32.6 Å². The quantitative estimate of drug-likeness (QED) is 0.342. The highest BCUT2D eigenvalue weighted by atomic mass is 16.5. The first-order valence-electron chi connectivity index (χ1n) is 13.6. The number of anilines is 1. The second-order valence-corrected chi connectivity index (χ2v) is 10.4. The molecule has 0 radical (unpaired) electrons. The van der Waals surface area contributed by atoms with E-state index in [1.54, 1.807) is 7.11 Å². The van der Waals surface area contributed by atoms with Crippen LogP contribution in [-0.4, -0.2) is 57.0 Å². The molecular formula is C31H37N5O3. The fourth-order valence-corrected chi connectivity index (χ4v) is 5.26. The average Bonchev–Trinajstić information content (AvgIpc) is 3.36. The Bertz CT molecular complexity index is 1430. The molecule has 8 heteroatoms. The molecule has 0 saturated carbocycles. The summed E-state index contributed by atoms with van der Waals surface area (Å²) in [4.78, 5) is 22.9. The molecule has 1 aliphatic heterocycles. The van der Waals surface area contributed by atoms with Gasteiger partial charge in [0.15, 0.2) is 0 Å². The van der Waals surface area contributed by atoms with Gasteiger partial charge in [-0.05, 0) is 62.1 Å². The third-order valence-electron chi connectivity index (χ3n) is 7.37. The normalized spacial score (nSPS) is 15.5. The number of hydrogen-bond donors (Lipinski definition) is 1. The van der Waals surface area contributed by atoms with Crippen LogP contribution in [0.25, 0.3) is 10.9 Å². The lowest BCUT2D eigenvalue weighted by atomic mass is 10.0. The molecule has 1 saturated heterocycles. The van der Waals surface area contributed by atoms with Gasteiger partial charge < -0.3 is 19.6 Å². The topological polar surface area (TPSA) is 83.7 Å². The number of piperidine rings is 1. The number of aliphatic hydroxyl groups excluding tert-OH is 1. The summed E-state index contributed by atoms with van der Waals surface area (Å²) in [5.41, 5.74) is 5.01. The number of fused-ring (bicyclic) bond motifs is 1. The van der Waals surface area contributed by atoms with E-state index in [1.807, 2.05) is 59.1 Å². The third kappa shape index (κ3) is 6.40. The summed E-state index contributed by atoms with van der Waals surface area (Å²) in [6, 6.07) is 18.1. The van der Waals surface area contributed by atoms with Crippen LogP contribution in [0.3, 0.4) is 0 Å². The molecule has 1 N–H and O–H groups in total. The Morgan fingerprint density at radius 3 is 2.67 bits per heavy atom. The van der Waals surface area contributed by atoms with E-state index in [-0.39, 0.29) is 12.0 Å². The highest BCUT2D eigenvalue weighted by Gasteiger charge is 2.24. The maximum atomic E-state index is 13.7. The molecule has 3 heterocycles. The van der Waals surface area contributed by atoms with Crippen molar-refractivity contribution in [2.75, 3.05) is 25.1 Å². The molecule has 0 spiro atoms. The summed E-state index contributed by atoms with van der Waals surface area (Å²) >= 11 is 0. The molecule has 4 aromatic rings. The standard InChI is InChI=1S/C31H37N5O3/c1-22-6-4-7-25-18-26(31(32-30(22)25)34-15-5-8-27(37)21-34)20-35(19-24-9-11-28(39-3)12-10-24)29(38)14-17-36-16-13-23(2)33-36/h4,6-7,9-13,16,18,27,37H,5,8,14-15,17,19-21H2,1-3H3. The van der Waals surface area contributed by atoms with E-state index in [0.717, 1.165) is 64.2 Å². The summed E-state index contributed by atoms with van der Waals surface area (Å²) in [5.74, 6) is 1.68. The van der Waals surface area contributed by atoms with Gasteiger partial charge >= 0.3 is 0 Å². The van der Waals surface area contributed by atoms with Gasteiger partial charge in [0, 0.05) is 56.3 Å². The van der Waals surface area contributed by atoms with Gasteiger partial charge in [-0.3, -0.25) is 9.48 Å². The highest BCUT2D eigenvalue weighted by molar-refractivity contribution is 5.85. The number of nitrogens with zero attached hydrogens (tertiary/aromatic N) is 5. The molecule has 2 aromatic carbocycles. The number of ether oxygens (including phenoxy) is 1. The summed E-state index contributed by atoms with van der Waals surface area (Å²) < 4.78 is 7.14. The summed E-state index contributed by atoms with van der Waals surface area (Å²) in [5, 5.41) is 15.9. The predicted octanol–water partition coefficient (Wildman–Crippen LogP) is 4.64. The van der Waals surface area contributed by atoms with Crippen LogP contribution in [0.15, 0.2) is 60.8 Å². The number of aromatic nitrogens is 3. The number of carbonyl (C=O) groups excluding carboxylic acids is 1. The lowest BCUT2D eigenvalue weighted by Crippen LogP contribution is -2.40. The van der Waals surface area contributed by atoms with Gasteiger partial charge in [-0.25, -0.2) is 4.98 Å². The first-order valence-corrected chi connectivity index (χ1v) is 13.6. The van der Waals surface area contributed by atoms with Gasteiger partial charge in [-0.15, -0.1) is 0 Å². The van der Waals surface area contributed by atoms with Gasteiger partial charge in [0.2, 0.25) is 5.91 Å². The minimum atomic E-state index is -0.379. The maximum absolute atomic E-state index is 13.7. The molecule has 5 rings (SSSR count). The molecule has 204 valence electrons. The van der Waals surface area contributed by atoms with Crippen LogP contribution in [-0.2, 0) is 24.4 Å². The summed E-state index contributed by atoms with van der Waals surface area (Å²) in [6.45, 7) is 6.80. The molecule has 8 nitrogen and oxygen atoms in total. The number of hydrogen-bond acceptors (Lipinski definition) is 6. The molecule has 39 heavy (non-hydrogen) atoms. The van der Waals surface area contributed by atoms with Crippen LogP contribution in [0.4, 0.5) is 5.82 Å². The Hall–Kier alpha value is -3.91. The number of carbonyl (C=O) groups is 1. The Labute approximate surface area is 229 Å². The third-order valence-corrected chi connectivity index (χ3v) is 7.37. The number of benzene rings is 2. The Morgan fingerprint density at radius 2 is 1.95 bits per heavy atom. The van der Waals surface area contributed by atoms with E-state index in [4.69, 9.17) is 9.72 Å². The first kappa shape index (κ1) is 26.7. The molecule has 2 aromatic heterocycles. The average molecular weight is 528 g/mol. The SMILES string of the molecule is COc1ccc(CN(Cc2cc3cccc(C)c3nc2N2CCCC(O)C2)C(=O)CCn2ccc(C)n2)cc1. The van der Waals surface area contributed by atoms with Crippen LogP contribution in [0, 0.1) is 13.8 Å².